The summed E-state index contributed by atoms with van der Waals surface area (Å²) in [6, 6.07) is 4.85. The second-order valence-electron chi connectivity index (χ2n) is 4.54. The van der Waals surface area contributed by atoms with E-state index in [1.165, 1.54) is 13.2 Å². The Kier molecular flexibility index (Phi) is 5.67. The second kappa shape index (κ2) is 6.83. The number of methoxy groups -OCH3 is 1. The maximum atomic E-state index is 12.5. The summed E-state index contributed by atoms with van der Waals surface area (Å²) in [6.45, 7) is 3.64. The average Bonchev–Trinajstić information content (AvgIpc) is 2.37. The molecule has 0 radical (unpaired) electrons. The number of hydrogen-bond acceptors (Lipinski definition) is 4. The van der Waals surface area contributed by atoms with Crippen molar-refractivity contribution in [1.29, 1.82) is 0 Å². The number of benzene rings is 1. The zero-order chi connectivity index (χ0) is 15.3. The summed E-state index contributed by atoms with van der Waals surface area (Å²) in [5.41, 5.74) is 6.98. The molecule has 0 heterocycles. The normalized spacial score (nSPS) is 11.8. The molecule has 6 nitrogen and oxygen atoms in total. The second-order valence-corrected chi connectivity index (χ2v) is 6.48. The summed E-state index contributed by atoms with van der Waals surface area (Å²) in [7, 11) is -2.29. The van der Waals surface area contributed by atoms with E-state index < -0.39 is 15.9 Å². The number of amides is 1. The van der Waals surface area contributed by atoms with Crippen LogP contribution in [0.4, 0.5) is 0 Å². The summed E-state index contributed by atoms with van der Waals surface area (Å²) >= 11 is 0. The Balaban J connectivity index is 3.13. The van der Waals surface area contributed by atoms with Gasteiger partial charge in [0.15, 0.2) is 0 Å². The van der Waals surface area contributed by atoms with E-state index in [4.69, 9.17) is 10.5 Å². The lowest BCUT2D eigenvalue weighted by Gasteiger charge is -2.20. The zero-order valence-corrected chi connectivity index (χ0v) is 12.7. The van der Waals surface area contributed by atoms with Crippen LogP contribution in [-0.2, 0) is 19.6 Å². The van der Waals surface area contributed by atoms with E-state index in [2.05, 4.69) is 0 Å². The van der Waals surface area contributed by atoms with Crippen molar-refractivity contribution in [1.82, 2.24) is 4.31 Å². The smallest absolute Gasteiger partial charge is 0.243 e. The largest absolute Gasteiger partial charge is 0.383 e. The first-order valence-corrected chi connectivity index (χ1v) is 7.57. The highest BCUT2D eigenvalue weighted by molar-refractivity contribution is 7.89. The number of nitrogens with zero attached hydrogens (tertiary/aromatic N) is 1. The summed E-state index contributed by atoms with van der Waals surface area (Å²) in [4.78, 5) is 11.2. The Morgan fingerprint density at radius 1 is 1.30 bits per heavy atom. The minimum absolute atomic E-state index is 0.0781. The number of carbonyl (C=O) groups excluding carboxylic acids is 1. The van der Waals surface area contributed by atoms with Crippen LogP contribution in [0, 0.1) is 13.8 Å². The van der Waals surface area contributed by atoms with Crippen molar-refractivity contribution < 1.29 is 17.9 Å². The molecule has 1 aromatic rings. The van der Waals surface area contributed by atoms with Crippen LogP contribution in [-0.4, -0.2) is 45.4 Å². The van der Waals surface area contributed by atoms with E-state index in [9.17, 15) is 13.2 Å². The minimum Gasteiger partial charge on any atom is -0.383 e. The van der Waals surface area contributed by atoms with Gasteiger partial charge in [-0.25, -0.2) is 8.42 Å². The fraction of sp³-hybridized carbons (Fsp3) is 0.462. The fourth-order valence-corrected chi connectivity index (χ4v) is 3.15. The van der Waals surface area contributed by atoms with Crippen molar-refractivity contribution in [3.05, 3.63) is 29.3 Å². The summed E-state index contributed by atoms with van der Waals surface area (Å²) in [5, 5.41) is 0. The highest BCUT2D eigenvalue weighted by atomic mass is 32.2. The third-order valence-corrected chi connectivity index (χ3v) is 4.83. The monoisotopic (exact) mass is 300 g/mol. The molecule has 0 bridgehead atoms. The van der Waals surface area contributed by atoms with Crippen LogP contribution in [0.15, 0.2) is 23.1 Å². The lowest BCUT2D eigenvalue weighted by atomic mass is 10.1. The Hall–Kier alpha value is -1.44. The molecular formula is C13H20N2O4S. The molecule has 1 aromatic carbocycles. The number of carbonyl (C=O) groups is 1. The summed E-state index contributed by atoms with van der Waals surface area (Å²) in [5.74, 6) is -0.700. The van der Waals surface area contributed by atoms with Crippen LogP contribution in [0.5, 0.6) is 0 Å². The quantitative estimate of drug-likeness (QED) is 0.790. The standard InChI is InChI=1S/C13H20N2O4S/c1-10-4-5-12(8-11(10)2)20(17,18)15(6-7-19-3)9-13(14)16/h4-5,8H,6-7,9H2,1-3H3,(H2,14,16). The van der Waals surface area contributed by atoms with Crippen LogP contribution in [0.1, 0.15) is 11.1 Å². The molecule has 7 heteroatoms. The third kappa shape index (κ3) is 4.03. The number of aryl methyl sites for hydroxylation is 2. The third-order valence-electron chi connectivity index (χ3n) is 2.99. The van der Waals surface area contributed by atoms with E-state index in [1.807, 2.05) is 13.8 Å². The molecule has 0 saturated carbocycles. The van der Waals surface area contributed by atoms with Gasteiger partial charge in [0.2, 0.25) is 15.9 Å². The first-order valence-electron chi connectivity index (χ1n) is 6.13. The molecule has 0 atom stereocenters. The summed E-state index contributed by atoms with van der Waals surface area (Å²) < 4.78 is 30.9. The van der Waals surface area contributed by atoms with Crippen molar-refractivity contribution in [2.24, 2.45) is 5.73 Å². The molecular weight excluding hydrogens is 280 g/mol. The van der Waals surface area contributed by atoms with E-state index in [-0.39, 0.29) is 24.6 Å². The SMILES string of the molecule is COCCN(CC(N)=O)S(=O)(=O)c1ccc(C)c(C)c1. The number of primary amides is 1. The average molecular weight is 300 g/mol. The van der Waals surface area contributed by atoms with Gasteiger partial charge >= 0.3 is 0 Å². The first kappa shape index (κ1) is 16.6. The van der Waals surface area contributed by atoms with Gasteiger partial charge < -0.3 is 10.5 Å². The molecule has 112 valence electrons. The van der Waals surface area contributed by atoms with Gasteiger partial charge in [0, 0.05) is 13.7 Å². The molecule has 20 heavy (non-hydrogen) atoms. The van der Waals surface area contributed by atoms with Crippen LogP contribution >= 0.6 is 0 Å². The van der Waals surface area contributed by atoms with Gasteiger partial charge in [-0.1, -0.05) is 6.07 Å². The van der Waals surface area contributed by atoms with Crippen molar-refractivity contribution in [2.75, 3.05) is 26.8 Å². The lowest BCUT2D eigenvalue weighted by molar-refractivity contribution is -0.118. The molecule has 0 spiro atoms. The Bertz CT molecular complexity index is 584. The van der Waals surface area contributed by atoms with Crippen LogP contribution < -0.4 is 5.73 Å². The number of rotatable bonds is 7. The molecule has 0 aliphatic heterocycles. The molecule has 0 saturated heterocycles. The van der Waals surface area contributed by atoms with Gasteiger partial charge in [-0.2, -0.15) is 4.31 Å². The Labute approximate surface area is 119 Å². The number of sulfonamides is 1. The van der Waals surface area contributed by atoms with Gasteiger partial charge in [-0.05, 0) is 37.1 Å². The minimum atomic E-state index is -3.76. The van der Waals surface area contributed by atoms with Crippen molar-refractivity contribution in [2.45, 2.75) is 18.7 Å². The van der Waals surface area contributed by atoms with Gasteiger partial charge in [0.1, 0.15) is 0 Å². The van der Waals surface area contributed by atoms with Crippen LogP contribution in [0.2, 0.25) is 0 Å². The molecule has 2 N–H and O–H groups in total. The molecule has 1 amide bonds. The van der Waals surface area contributed by atoms with Crippen LogP contribution in [0.3, 0.4) is 0 Å². The maximum absolute atomic E-state index is 12.5. The Morgan fingerprint density at radius 2 is 1.95 bits per heavy atom. The van der Waals surface area contributed by atoms with Crippen molar-refractivity contribution in [3.63, 3.8) is 0 Å². The summed E-state index contributed by atoms with van der Waals surface area (Å²) in [6.07, 6.45) is 0. The molecule has 0 aliphatic carbocycles. The number of nitrogens with two attached hydrogens (primary N) is 1. The van der Waals surface area contributed by atoms with Crippen molar-refractivity contribution in [3.8, 4) is 0 Å². The van der Waals surface area contributed by atoms with Gasteiger partial charge in [-0.15, -0.1) is 0 Å². The molecule has 0 aromatic heterocycles. The lowest BCUT2D eigenvalue weighted by Crippen LogP contribution is -2.40. The van der Waals surface area contributed by atoms with E-state index in [0.29, 0.717) is 0 Å². The molecule has 0 unspecified atom stereocenters. The maximum Gasteiger partial charge on any atom is 0.243 e. The van der Waals surface area contributed by atoms with Crippen molar-refractivity contribution >= 4 is 15.9 Å². The first-order chi connectivity index (χ1) is 9.28. The number of ether oxygens (including phenoxy) is 1. The molecule has 0 fully saturated rings. The Morgan fingerprint density at radius 3 is 2.45 bits per heavy atom. The highest BCUT2D eigenvalue weighted by Gasteiger charge is 2.25. The molecule has 1 rings (SSSR count). The highest BCUT2D eigenvalue weighted by Crippen LogP contribution is 2.18. The predicted molar refractivity (Wildman–Crippen MR) is 75.7 cm³/mol. The van der Waals surface area contributed by atoms with Gasteiger partial charge in [0.05, 0.1) is 18.0 Å². The van der Waals surface area contributed by atoms with E-state index in [0.717, 1.165) is 15.4 Å². The zero-order valence-electron chi connectivity index (χ0n) is 11.9. The predicted octanol–water partition coefficient (Wildman–Crippen LogP) is 0.426. The topological polar surface area (TPSA) is 89.7 Å². The van der Waals surface area contributed by atoms with Gasteiger partial charge in [0.25, 0.3) is 0 Å². The van der Waals surface area contributed by atoms with E-state index in [1.54, 1.807) is 12.1 Å². The number of hydrogen-bond donors (Lipinski definition) is 1. The molecule has 0 aliphatic rings. The van der Waals surface area contributed by atoms with Crippen LogP contribution in [0.25, 0.3) is 0 Å². The fourth-order valence-electron chi connectivity index (χ4n) is 1.67. The van der Waals surface area contributed by atoms with E-state index >= 15 is 0 Å². The van der Waals surface area contributed by atoms with Gasteiger partial charge in [-0.3, -0.25) is 4.79 Å².